The molecule has 102 valence electrons. The van der Waals surface area contributed by atoms with E-state index in [-0.39, 0.29) is 13.2 Å². The minimum absolute atomic E-state index is 0.187. The van der Waals surface area contributed by atoms with Crippen molar-refractivity contribution in [1.29, 1.82) is 0 Å². The highest BCUT2D eigenvalue weighted by atomic mass is 31.2. The highest BCUT2D eigenvalue weighted by molar-refractivity contribution is 7.48. The van der Waals surface area contributed by atoms with Crippen molar-refractivity contribution in [3.63, 3.8) is 0 Å². The summed E-state index contributed by atoms with van der Waals surface area (Å²) in [4.78, 5) is 11.2. The first-order valence-corrected chi connectivity index (χ1v) is 7.20. The van der Waals surface area contributed by atoms with Crippen LogP contribution >= 0.6 is 7.82 Å². The lowest BCUT2D eigenvalue weighted by Gasteiger charge is -2.20. The molecule has 0 aromatic rings. The molecule has 0 aliphatic carbocycles. The molecule has 0 heterocycles. The molecule has 0 N–H and O–H groups in total. The smallest absolute Gasteiger partial charge is 0.435 e. The van der Waals surface area contributed by atoms with E-state index in [4.69, 9.17) is 18.3 Å². The number of phosphoric ester groups is 1. The van der Waals surface area contributed by atoms with Crippen molar-refractivity contribution in [3.05, 3.63) is 0 Å². The van der Waals surface area contributed by atoms with Crippen LogP contribution in [0.1, 0.15) is 40.5 Å². The molecular weight excluding hydrogens is 247 g/mol. The van der Waals surface area contributed by atoms with Crippen molar-refractivity contribution >= 4 is 13.8 Å². The van der Waals surface area contributed by atoms with E-state index in [9.17, 15) is 9.36 Å². The SMILES string of the molecule is CCCC(=O)OC(C)OP(=O)(OCC)OCC. The van der Waals surface area contributed by atoms with E-state index in [1.165, 1.54) is 6.92 Å². The summed E-state index contributed by atoms with van der Waals surface area (Å²) in [7, 11) is -3.63. The van der Waals surface area contributed by atoms with Crippen molar-refractivity contribution in [2.75, 3.05) is 13.2 Å². The van der Waals surface area contributed by atoms with E-state index >= 15 is 0 Å². The molecule has 0 spiro atoms. The number of esters is 1. The van der Waals surface area contributed by atoms with Crippen molar-refractivity contribution in [2.24, 2.45) is 0 Å². The van der Waals surface area contributed by atoms with Gasteiger partial charge < -0.3 is 4.74 Å². The van der Waals surface area contributed by atoms with Crippen LogP contribution in [-0.4, -0.2) is 25.5 Å². The van der Waals surface area contributed by atoms with Crippen LogP contribution in [0.5, 0.6) is 0 Å². The summed E-state index contributed by atoms with van der Waals surface area (Å²) < 4.78 is 31.6. The Labute approximate surface area is 102 Å². The third kappa shape index (κ3) is 7.49. The zero-order valence-corrected chi connectivity index (χ0v) is 11.7. The molecule has 0 aliphatic heterocycles. The van der Waals surface area contributed by atoms with Gasteiger partial charge in [0.1, 0.15) is 0 Å². The van der Waals surface area contributed by atoms with E-state index in [1.54, 1.807) is 13.8 Å². The third-order valence-electron chi connectivity index (χ3n) is 1.60. The van der Waals surface area contributed by atoms with E-state index in [2.05, 4.69) is 0 Å². The van der Waals surface area contributed by atoms with Crippen molar-refractivity contribution in [1.82, 2.24) is 0 Å². The van der Waals surface area contributed by atoms with Gasteiger partial charge in [-0.25, -0.2) is 9.09 Å². The zero-order chi connectivity index (χ0) is 13.3. The molecule has 0 radical (unpaired) electrons. The largest absolute Gasteiger partial charge is 0.477 e. The summed E-state index contributed by atoms with van der Waals surface area (Å²) in [5.74, 6) is -0.403. The van der Waals surface area contributed by atoms with Crippen molar-refractivity contribution in [3.8, 4) is 0 Å². The second-order valence-corrected chi connectivity index (χ2v) is 4.82. The molecule has 0 bridgehead atoms. The van der Waals surface area contributed by atoms with Crippen LogP contribution in [0.2, 0.25) is 0 Å². The Hall–Kier alpha value is -0.420. The lowest BCUT2D eigenvalue weighted by molar-refractivity contribution is -0.163. The van der Waals surface area contributed by atoms with E-state index in [0.717, 1.165) is 0 Å². The zero-order valence-electron chi connectivity index (χ0n) is 10.8. The quantitative estimate of drug-likeness (QED) is 0.364. The second kappa shape index (κ2) is 8.64. The van der Waals surface area contributed by atoms with Gasteiger partial charge in [-0.05, 0) is 27.2 Å². The van der Waals surface area contributed by atoms with Gasteiger partial charge in [0.15, 0.2) is 0 Å². The Morgan fingerprint density at radius 1 is 1.18 bits per heavy atom. The fraction of sp³-hybridized carbons (Fsp3) is 0.900. The molecule has 0 aromatic carbocycles. The van der Waals surface area contributed by atoms with Gasteiger partial charge in [-0.3, -0.25) is 13.8 Å². The van der Waals surface area contributed by atoms with Gasteiger partial charge in [0.2, 0.25) is 6.29 Å². The predicted octanol–water partition coefficient (Wildman–Crippen LogP) is 2.87. The molecule has 0 amide bonds. The van der Waals surface area contributed by atoms with Gasteiger partial charge in [-0.1, -0.05) is 6.92 Å². The van der Waals surface area contributed by atoms with Gasteiger partial charge in [-0.15, -0.1) is 0 Å². The van der Waals surface area contributed by atoms with Crippen LogP contribution in [0.25, 0.3) is 0 Å². The Balaban J connectivity index is 4.25. The molecule has 1 unspecified atom stereocenters. The summed E-state index contributed by atoms with van der Waals surface area (Å²) in [6.45, 7) is 7.04. The van der Waals surface area contributed by atoms with Gasteiger partial charge in [-0.2, -0.15) is 0 Å². The standard InChI is InChI=1S/C10H21O6P/c1-5-8-10(11)15-9(4)16-17(12,13-6-2)14-7-3/h9H,5-8H2,1-4H3. The molecule has 0 rings (SSSR count). The highest BCUT2D eigenvalue weighted by Gasteiger charge is 2.29. The molecule has 0 aliphatic rings. The number of carbonyl (C=O) groups excluding carboxylic acids is 1. The topological polar surface area (TPSA) is 71.1 Å². The average Bonchev–Trinajstić information content (AvgIpc) is 2.17. The molecule has 17 heavy (non-hydrogen) atoms. The van der Waals surface area contributed by atoms with Crippen molar-refractivity contribution in [2.45, 2.75) is 46.8 Å². The number of hydrogen-bond acceptors (Lipinski definition) is 6. The monoisotopic (exact) mass is 268 g/mol. The summed E-state index contributed by atoms with van der Waals surface area (Å²) in [6.07, 6.45) is 0.0134. The van der Waals surface area contributed by atoms with E-state index < -0.39 is 20.1 Å². The molecule has 0 saturated carbocycles. The van der Waals surface area contributed by atoms with Crippen LogP contribution in [-0.2, 0) is 27.7 Å². The Morgan fingerprint density at radius 3 is 2.12 bits per heavy atom. The van der Waals surface area contributed by atoms with E-state index in [0.29, 0.717) is 12.8 Å². The first-order valence-electron chi connectivity index (χ1n) is 5.74. The number of carbonyl (C=O) groups is 1. The van der Waals surface area contributed by atoms with E-state index in [1.807, 2.05) is 6.92 Å². The maximum atomic E-state index is 11.9. The molecule has 7 heteroatoms. The van der Waals surface area contributed by atoms with Crippen LogP contribution in [0, 0.1) is 0 Å². The summed E-state index contributed by atoms with van der Waals surface area (Å²) >= 11 is 0. The Morgan fingerprint density at radius 2 is 1.71 bits per heavy atom. The number of hydrogen-bond donors (Lipinski definition) is 0. The predicted molar refractivity (Wildman–Crippen MR) is 62.4 cm³/mol. The maximum absolute atomic E-state index is 11.9. The van der Waals surface area contributed by atoms with Gasteiger partial charge >= 0.3 is 13.8 Å². The minimum atomic E-state index is -3.63. The van der Waals surface area contributed by atoms with Gasteiger partial charge in [0.25, 0.3) is 0 Å². The fourth-order valence-corrected chi connectivity index (χ4v) is 2.30. The number of ether oxygens (including phenoxy) is 1. The lowest BCUT2D eigenvalue weighted by atomic mass is 10.3. The third-order valence-corrected chi connectivity index (χ3v) is 3.31. The molecule has 0 fully saturated rings. The molecule has 0 saturated heterocycles. The molecular formula is C10H21O6P. The fourth-order valence-electron chi connectivity index (χ4n) is 1.07. The number of phosphoric acid groups is 1. The average molecular weight is 268 g/mol. The normalized spacial score (nSPS) is 13.4. The summed E-state index contributed by atoms with van der Waals surface area (Å²) in [5, 5.41) is 0. The van der Waals surface area contributed by atoms with Crippen LogP contribution in [0.3, 0.4) is 0 Å². The minimum Gasteiger partial charge on any atom is -0.435 e. The Bertz CT molecular complexity index is 258. The molecule has 0 aromatic heterocycles. The van der Waals surface area contributed by atoms with Crippen LogP contribution in [0.15, 0.2) is 0 Å². The van der Waals surface area contributed by atoms with Gasteiger partial charge in [0.05, 0.1) is 13.2 Å². The Kier molecular flexibility index (Phi) is 8.43. The first kappa shape index (κ1) is 16.6. The van der Waals surface area contributed by atoms with Crippen LogP contribution in [0.4, 0.5) is 0 Å². The van der Waals surface area contributed by atoms with Crippen molar-refractivity contribution < 1.29 is 27.7 Å². The molecule has 1 atom stereocenters. The first-order chi connectivity index (χ1) is 7.97. The molecule has 6 nitrogen and oxygen atoms in total. The summed E-state index contributed by atoms with van der Waals surface area (Å²) in [5.41, 5.74) is 0. The summed E-state index contributed by atoms with van der Waals surface area (Å²) in [6, 6.07) is 0. The second-order valence-electron chi connectivity index (χ2n) is 3.20. The van der Waals surface area contributed by atoms with Gasteiger partial charge in [0, 0.05) is 6.42 Å². The number of rotatable bonds is 9. The lowest BCUT2D eigenvalue weighted by Crippen LogP contribution is -2.18. The maximum Gasteiger partial charge on any atom is 0.477 e. The van der Waals surface area contributed by atoms with Crippen LogP contribution < -0.4 is 0 Å². The highest BCUT2D eigenvalue weighted by Crippen LogP contribution is 2.50.